The first-order chi connectivity index (χ1) is 27.3. The summed E-state index contributed by atoms with van der Waals surface area (Å²) in [6.07, 6.45) is 0. The molecule has 6 nitrogen and oxygen atoms in total. The molecule has 0 bridgehead atoms. The number of benzene rings is 8. The maximum atomic E-state index is 6.52. The summed E-state index contributed by atoms with van der Waals surface area (Å²) >= 11 is 0. The SMILES string of the molecule is c1ccc2c(-n3c4ccccc4c4ccc(-c5nc(-c6cccc7c6oc6ccccc67)nc(-c6cccc7oc8ccccc8c67)n5)cc43)cccc2c1. The highest BCUT2D eigenvalue weighted by Crippen LogP contribution is 2.40. The molecule has 0 amide bonds. The molecule has 6 heteroatoms. The Bertz CT molecular complexity index is 3510. The van der Waals surface area contributed by atoms with E-state index in [9.17, 15) is 0 Å². The zero-order valence-corrected chi connectivity index (χ0v) is 29.3. The molecule has 0 saturated carbocycles. The van der Waals surface area contributed by atoms with Crippen molar-refractivity contribution in [2.75, 3.05) is 0 Å². The monoisotopic (exact) mass is 704 g/mol. The number of nitrogens with zero attached hydrogens (tertiary/aromatic N) is 4. The van der Waals surface area contributed by atoms with E-state index in [0.29, 0.717) is 17.5 Å². The molecule has 4 heterocycles. The number of hydrogen-bond acceptors (Lipinski definition) is 5. The Morgan fingerprint density at radius 3 is 1.87 bits per heavy atom. The van der Waals surface area contributed by atoms with Crippen LogP contribution in [0, 0.1) is 0 Å². The first-order valence-corrected chi connectivity index (χ1v) is 18.4. The lowest BCUT2D eigenvalue weighted by atomic mass is 10.0. The van der Waals surface area contributed by atoms with E-state index in [2.05, 4.69) is 114 Å². The molecule has 0 saturated heterocycles. The fourth-order valence-corrected chi connectivity index (χ4v) is 8.40. The quantitative estimate of drug-likeness (QED) is 0.182. The summed E-state index contributed by atoms with van der Waals surface area (Å²) in [5.74, 6) is 1.65. The van der Waals surface area contributed by atoms with Gasteiger partial charge in [0.05, 0.1) is 22.3 Å². The van der Waals surface area contributed by atoms with Crippen LogP contribution in [-0.4, -0.2) is 19.5 Å². The van der Waals surface area contributed by atoms with Crippen LogP contribution < -0.4 is 0 Å². The Morgan fingerprint density at radius 1 is 0.382 bits per heavy atom. The number of para-hydroxylation sites is 4. The van der Waals surface area contributed by atoms with Crippen LogP contribution in [0.1, 0.15) is 0 Å². The number of aromatic nitrogens is 4. The van der Waals surface area contributed by atoms with Gasteiger partial charge in [0.25, 0.3) is 0 Å². The Balaban J connectivity index is 1.15. The van der Waals surface area contributed by atoms with Gasteiger partial charge in [-0.2, -0.15) is 0 Å². The lowest BCUT2D eigenvalue weighted by Crippen LogP contribution is -2.01. The normalized spacial score (nSPS) is 12.0. The van der Waals surface area contributed by atoms with E-state index >= 15 is 0 Å². The molecule has 12 rings (SSSR count). The second-order valence-corrected chi connectivity index (χ2v) is 13.9. The van der Waals surface area contributed by atoms with Gasteiger partial charge >= 0.3 is 0 Å². The summed E-state index contributed by atoms with van der Waals surface area (Å²) in [5, 5.41) is 8.76. The number of hydrogen-bond donors (Lipinski definition) is 0. The maximum absolute atomic E-state index is 6.52. The maximum Gasteiger partial charge on any atom is 0.167 e. The van der Waals surface area contributed by atoms with Crippen molar-refractivity contribution in [2.24, 2.45) is 0 Å². The third-order valence-corrected chi connectivity index (χ3v) is 10.9. The van der Waals surface area contributed by atoms with E-state index in [1.54, 1.807) is 0 Å². The van der Waals surface area contributed by atoms with Crippen molar-refractivity contribution >= 4 is 76.5 Å². The molecule has 0 radical (unpaired) electrons. The van der Waals surface area contributed by atoms with E-state index in [0.717, 1.165) is 82.7 Å². The van der Waals surface area contributed by atoms with E-state index < -0.39 is 0 Å². The van der Waals surface area contributed by atoms with Crippen molar-refractivity contribution < 1.29 is 8.83 Å². The Morgan fingerprint density at radius 2 is 0.982 bits per heavy atom. The van der Waals surface area contributed by atoms with Crippen molar-refractivity contribution in [1.82, 2.24) is 19.5 Å². The molecular weight excluding hydrogens is 677 g/mol. The van der Waals surface area contributed by atoms with Crippen molar-refractivity contribution in [3.8, 4) is 39.9 Å². The van der Waals surface area contributed by atoms with Gasteiger partial charge in [0.2, 0.25) is 0 Å². The molecule has 0 fully saturated rings. The lowest BCUT2D eigenvalue weighted by molar-refractivity contribution is 0.668. The summed E-state index contributed by atoms with van der Waals surface area (Å²) in [6.45, 7) is 0. The molecule has 0 N–H and O–H groups in total. The first-order valence-electron chi connectivity index (χ1n) is 18.4. The standard InChI is InChI=1S/C49H28N4O2/c1-2-14-31-29(12-1)13-9-22-39(31)53-40-21-6-3-15-32(40)33-27-26-30(28-41(33)53)47-50-48(37-19-11-25-44-45(37)36-17-5-8-24-43(36)54-44)52-49(51-47)38-20-10-18-35-34-16-4-7-23-42(34)55-46(35)38/h1-28H. The van der Waals surface area contributed by atoms with Gasteiger partial charge in [-0.3, -0.25) is 0 Å². The van der Waals surface area contributed by atoms with Crippen LogP contribution in [0.25, 0.3) is 116 Å². The highest BCUT2D eigenvalue weighted by atomic mass is 16.3. The van der Waals surface area contributed by atoms with Gasteiger partial charge < -0.3 is 13.4 Å². The first kappa shape index (κ1) is 29.9. The van der Waals surface area contributed by atoms with Crippen molar-refractivity contribution in [3.05, 3.63) is 170 Å². The topological polar surface area (TPSA) is 69.9 Å². The van der Waals surface area contributed by atoms with E-state index in [-0.39, 0.29) is 0 Å². The predicted molar refractivity (Wildman–Crippen MR) is 223 cm³/mol. The Kier molecular flexibility index (Phi) is 6.24. The van der Waals surface area contributed by atoms with Crippen LogP contribution in [0.4, 0.5) is 0 Å². The molecule has 0 aliphatic heterocycles. The molecular formula is C49H28N4O2. The van der Waals surface area contributed by atoms with Gasteiger partial charge in [-0.05, 0) is 47.9 Å². The fourth-order valence-electron chi connectivity index (χ4n) is 8.40. The van der Waals surface area contributed by atoms with Crippen LogP contribution in [0.5, 0.6) is 0 Å². The minimum atomic E-state index is 0.532. The van der Waals surface area contributed by atoms with Crippen LogP contribution in [0.2, 0.25) is 0 Å². The van der Waals surface area contributed by atoms with Gasteiger partial charge in [0.1, 0.15) is 22.3 Å². The third kappa shape index (κ3) is 4.46. The molecule has 256 valence electrons. The summed E-state index contributed by atoms with van der Waals surface area (Å²) in [7, 11) is 0. The van der Waals surface area contributed by atoms with Crippen molar-refractivity contribution in [1.29, 1.82) is 0 Å². The van der Waals surface area contributed by atoms with E-state index in [1.165, 1.54) is 16.2 Å². The molecule has 0 spiro atoms. The molecule has 12 aromatic rings. The minimum absolute atomic E-state index is 0.532. The van der Waals surface area contributed by atoms with Crippen LogP contribution in [-0.2, 0) is 0 Å². The van der Waals surface area contributed by atoms with Gasteiger partial charge in [0, 0.05) is 48.8 Å². The zero-order chi connectivity index (χ0) is 36.0. The van der Waals surface area contributed by atoms with Gasteiger partial charge in [0.15, 0.2) is 17.5 Å². The molecule has 0 atom stereocenters. The fraction of sp³-hybridized carbons (Fsp3) is 0. The summed E-state index contributed by atoms with van der Waals surface area (Å²) < 4.78 is 15.2. The highest BCUT2D eigenvalue weighted by molar-refractivity contribution is 6.13. The third-order valence-electron chi connectivity index (χ3n) is 10.9. The summed E-state index contributed by atoms with van der Waals surface area (Å²) in [5.41, 5.74) is 9.03. The molecule has 4 aromatic heterocycles. The molecule has 0 unspecified atom stereocenters. The predicted octanol–water partition coefficient (Wildman–Crippen LogP) is 12.9. The van der Waals surface area contributed by atoms with Crippen LogP contribution in [0.3, 0.4) is 0 Å². The highest BCUT2D eigenvalue weighted by Gasteiger charge is 2.21. The average Bonchev–Trinajstić information content (AvgIpc) is 3.93. The minimum Gasteiger partial charge on any atom is -0.456 e. The number of furan rings is 2. The van der Waals surface area contributed by atoms with Crippen molar-refractivity contribution in [3.63, 3.8) is 0 Å². The average molecular weight is 705 g/mol. The van der Waals surface area contributed by atoms with Crippen LogP contribution >= 0.6 is 0 Å². The Labute approximate surface area is 313 Å². The second-order valence-electron chi connectivity index (χ2n) is 13.9. The number of fused-ring (bicyclic) bond motifs is 10. The largest absolute Gasteiger partial charge is 0.456 e. The molecule has 55 heavy (non-hydrogen) atoms. The van der Waals surface area contributed by atoms with Gasteiger partial charge in [-0.15, -0.1) is 0 Å². The zero-order valence-electron chi connectivity index (χ0n) is 29.3. The molecule has 8 aromatic carbocycles. The molecule has 0 aliphatic rings. The Hall–Kier alpha value is -7.57. The van der Waals surface area contributed by atoms with Gasteiger partial charge in [-0.1, -0.05) is 127 Å². The van der Waals surface area contributed by atoms with Crippen molar-refractivity contribution in [2.45, 2.75) is 0 Å². The smallest absolute Gasteiger partial charge is 0.167 e. The van der Waals surface area contributed by atoms with Crippen LogP contribution in [0.15, 0.2) is 179 Å². The van der Waals surface area contributed by atoms with E-state index in [4.69, 9.17) is 23.8 Å². The molecule has 0 aliphatic carbocycles. The lowest BCUT2D eigenvalue weighted by Gasteiger charge is -2.12. The number of rotatable bonds is 4. The van der Waals surface area contributed by atoms with Gasteiger partial charge in [-0.25, -0.2) is 15.0 Å². The summed E-state index contributed by atoms with van der Waals surface area (Å²) in [6, 6.07) is 58.6. The second kappa shape index (κ2) is 11.5. The summed E-state index contributed by atoms with van der Waals surface area (Å²) in [4.78, 5) is 15.7. The van der Waals surface area contributed by atoms with E-state index in [1.807, 2.05) is 60.7 Å².